The molecule has 0 bridgehead atoms. The lowest BCUT2D eigenvalue weighted by atomic mass is 10.0. The molecule has 1 heterocycles. The highest BCUT2D eigenvalue weighted by molar-refractivity contribution is 5.91. The monoisotopic (exact) mass is 292 g/mol. The van der Waals surface area contributed by atoms with Crippen molar-refractivity contribution in [3.05, 3.63) is 42.0 Å². The summed E-state index contributed by atoms with van der Waals surface area (Å²) >= 11 is 0. The summed E-state index contributed by atoms with van der Waals surface area (Å²) in [5, 5.41) is 2.47. The summed E-state index contributed by atoms with van der Waals surface area (Å²) in [6.45, 7) is 3.07. The van der Waals surface area contributed by atoms with Crippen LogP contribution in [0.3, 0.4) is 0 Å². The fourth-order valence-corrected chi connectivity index (χ4v) is 2.90. The molecule has 0 radical (unpaired) electrons. The maximum absolute atomic E-state index is 5.98. The second kappa shape index (κ2) is 6.44. The van der Waals surface area contributed by atoms with Gasteiger partial charge in [0.25, 0.3) is 0 Å². The van der Waals surface area contributed by atoms with Crippen LogP contribution in [0.2, 0.25) is 0 Å². The zero-order chi connectivity index (χ0) is 13.2. The summed E-state index contributed by atoms with van der Waals surface area (Å²) in [6.07, 6.45) is 1.11. The first-order chi connectivity index (χ1) is 9.28. The van der Waals surface area contributed by atoms with Crippen molar-refractivity contribution in [2.75, 3.05) is 20.2 Å². The van der Waals surface area contributed by atoms with Crippen LogP contribution >= 0.6 is 12.4 Å². The van der Waals surface area contributed by atoms with Crippen LogP contribution in [0.15, 0.2) is 36.4 Å². The molecule has 2 aromatic rings. The second-order valence-electron chi connectivity index (χ2n) is 5.26. The largest absolute Gasteiger partial charge is 0.496 e. The second-order valence-corrected chi connectivity index (χ2v) is 5.26. The van der Waals surface area contributed by atoms with Gasteiger partial charge < -0.3 is 10.5 Å². The Morgan fingerprint density at radius 3 is 2.60 bits per heavy atom. The number of ether oxygens (including phenoxy) is 1. The van der Waals surface area contributed by atoms with Crippen LogP contribution in [0.25, 0.3) is 10.8 Å². The van der Waals surface area contributed by atoms with Gasteiger partial charge in [-0.1, -0.05) is 30.3 Å². The van der Waals surface area contributed by atoms with E-state index in [-0.39, 0.29) is 12.4 Å². The molecule has 0 spiro atoms. The number of methoxy groups -OCH3 is 1. The van der Waals surface area contributed by atoms with Gasteiger partial charge in [-0.3, -0.25) is 4.90 Å². The Bertz CT molecular complexity index is 588. The number of nitrogens with zero attached hydrogens (tertiary/aromatic N) is 1. The summed E-state index contributed by atoms with van der Waals surface area (Å²) in [6, 6.07) is 13.0. The van der Waals surface area contributed by atoms with E-state index in [0.717, 1.165) is 31.8 Å². The van der Waals surface area contributed by atoms with Crippen molar-refractivity contribution < 1.29 is 4.74 Å². The molecule has 1 atom stereocenters. The van der Waals surface area contributed by atoms with Crippen molar-refractivity contribution in [3.8, 4) is 5.75 Å². The molecule has 20 heavy (non-hydrogen) atoms. The third kappa shape index (κ3) is 2.90. The van der Waals surface area contributed by atoms with Crippen molar-refractivity contribution in [1.82, 2.24) is 4.90 Å². The van der Waals surface area contributed by atoms with E-state index < -0.39 is 0 Å². The molecule has 3 nitrogen and oxygen atoms in total. The summed E-state index contributed by atoms with van der Waals surface area (Å²) < 4.78 is 5.44. The van der Waals surface area contributed by atoms with Gasteiger partial charge in [0.15, 0.2) is 0 Å². The molecule has 1 unspecified atom stereocenters. The third-order valence-corrected chi connectivity index (χ3v) is 3.90. The van der Waals surface area contributed by atoms with E-state index in [1.807, 2.05) is 0 Å². The molecular weight excluding hydrogens is 272 g/mol. The summed E-state index contributed by atoms with van der Waals surface area (Å²) in [7, 11) is 1.72. The van der Waals surface area contributed by atoms with Gasteiger partial charge in [0.2, 0.25) is 0 Å². The Morgan fingerprint density at radius 2 is 1.95 bits per heavy atom. The number of hydrogen-bond donors (Lipinski definition) is 1. The molecule has 1 aliphatic rings. The van der Waals surface area contributed by atoms with Gasteiger partial charge >= 0.3 is 0 Å². The van der Waals surface area contributed by atoms with Gasteiger partial charge in [-0.2, -0.15) is 0 Å². The number of rotatable bonds is 3. The predicted octanol–water partition coefficient (Wildman–Crippen LogP) is 2.80. The van der Waals surface area contributed by atoms with Gasteiger partial charge in [-0.15, -0.1) is 12.4 Å². The number of fused-ring (bicyclic) bond motifs is 1. The molecule has 1 saturated heterocycles. The van der Waals surface area contributed by atoms with Gasteiger partial charge in [-0.05, 0) is 23.4 Å². The average Bonchev–Trinajstić information content (AvgIpc) is 2.85. The van der Waals surface area contributed by atoms with Crippen LogP contribution in [0.4, 0.5) is 0 Å². The van der Waals surface area contributed by atoms with Crippen LogP contribution in [0.5, 0.6) is 5.75 Å². The van der Waals surface area contributed by atoms with E-state index in [2.05, 4.69) is 41.3 Å². The van der Waals surface area contributed by atoms with Crippen LogP contribution < -0.4 is 10.5 Å². The molecule has 108 valence electrons. The van der Waals surface area contributed by atoms with E-state index in [0.29, 0.717) is 6.04 Å². The minimum absolute atomic E-state index is 0. The Morgan fingerprint density at radius 1 is 1.20 bits per heavy atom. The summed E-state index contributed by atoms with van der Waals surface area (Å²) in [5.74, 6) is 0.942. The predicted molar refractivity (Wildman–Crippen MR) is 85.6 cm³/mol. The van der Waals surface area contributed by atoms with Crippen molar-refractivity contribution in [2.24, 2.45) is 5.73 Å². The maximum atomic E-state index is 5.98. The molecular formula is C16H21ClN2O. The molecule has 2 aromatic carbocycles. The Hall–Kier alpha value is -1.29. The van der Waals surface area contributed by atoms with Crippen molar-refractivity contribution in [2.45, 2.75) is 19.0 Å². The lowest BCUT2D eigenvalue weighted by molar-refractivity contribution is 0.328. The summed E-state index contributed by atoms with van der Waals surface area (Å²) in [4.78, 5) is 2.43. The van der Waals surface area contributed by atoms with E-state index >= 15 is 0 Å². The highest BCUT2D eigenvalue weighted by Crippen LogP contribution is 2.29. The first-order valence-corrected chi connectivity index (χ1v) is 6.80. The first-order valence-electron chi connectivity index (χ1n) is 6.80. The van der Waals surface area contributed by atoms with Crippen LogP contribution in [0, 0.1) is 0 Å². The van der Waals surface area contributed by atoms with Crippen LogP contribution in [-0.4, -0.2) is 31.1 Å². The van der Waals surface area contributed by atoms with E-state index in [1.165, 1.54) is 16.3 Å². The molecule has 1 fully saturated rings. The first kappa shape index (κ1) is 15.1. The number of likely N-dealkylation sites (tertiary alicyclic amines) is 1. The van der Waals surface area contributed by atoms with E-state index in [1.54, 1.807) is 7.11 Å². The lowest BCUT2D eigenvalue weighted by Crippen LogP contribution is -2.26. The quantitative estimate of drug-likeness (QED) is 0.945. The molecule has 3 rings (SSSR count). The smallest absolute Gasteiger partial charge is 0.126 e. The topological polar surface area (TPSA) is 38.5 Å². The molecule has 2 N–H and O–H groups in total. The minimum Gasteiger partial charge on any atom is -0.496 e. The molecule has 0 amide bonds. The molecule has 0 saturated carbocycles. The number of hydrogen-bond acceptors (Lipinski definition) is 3. The van der Waals surface area contributed by atoms with Crippen molar-refractivity contribution >= 4 is 23.2 Å². The zero-order valence-electron chi connectivity index (χ0n) is 11.7. The molecule has 0 aromatic heterocycles. The Kier molecular flexibility index (Phi) is 4.86. The van der Waals surface area contributed by atoms with Crippen LogP contribution in [-0.2, 0) is 6.54 Å². The highest BCUT2D eigenvalue weighted by atomic mass is 35.5. The maximum Gasteiger partial charge on any atom is 0.126 e. The normalized spacial score (nSPS) is 19.0. The Balaban J connectivity index is 0.00000147. The summed E-state index contributed by atoms with van der Waals surface area (Å²) in [5.41, 5.74) is 7.33. The zero-order valence-corrected chi connectivity index (χ0v) is 12.5. The standard InChI is InChI=1S/C16H20N2O.ClH/c1-19-16-7-6-12(10-18-9-8-13(17)11-18)14-4-2-3-5-15(14)16;/h2-7,13H,8-11,17H2,1H3;1H. The molecule has 4 heteroatoms. The molecule has 1 aliphatic heterocycles. The number of benzene rings is 2. The van der Waals surface area contributed by atoms with Crippen molar-refractivity contribution in [1.29, 1.82) is 0 Å². The highest BCUT2D eigenvalue weighted by Gasteiger charge is 2.19. The third-order valence-electron chi connectivity index (χ3n) is 3.90. The van der Waals surface area contributed by atoms with Crippen LogP contribution in [0.1, 0.15) is 12.0 Å². The Labute approximate surface area is 126 Å². The minimum atomic E-state index is 0. The van der Waals surface area contributed by atoms with Gasteiger partial charge in [-0.25, -0.2) is 0 Å². The molecule has 0 aliphatic carbocycles. The fraction of sp³-hybridized carbons (Fsp3) is 0.375. The fourth-order valence-electron chi connectivity index (χ4n) is 2.90. The SMILES string of the molecule is COc1ccc(CN2CCC(N)C2)c2ccccc12.Cl. The number of halogens is 1. The van der Waals surface area contributed by atoms with Gasteiger partial charge in [0.05, 0.1) is 7.11 Å². The van der Waals surface area contributed by atoms with E-state index in [4.69, 9.17) is 10.5 Å². The van der Waals surface area contributed by atoms with Gasteiger partial charge in [0.1, 0.15) is 5.75 Å². The average molecular weight is 293 g/mol. The van der Waals surface area contributed by atoms with Crippen molar-refractivity contribution in [3.63, 3.8) is 0 Å². The lowest BCUT2D eigenvalue weighted by Gasteiger charge is -2.17. The van der Waals surface area contributed by atoms with Gasteiger partial charge in [0, 0.05) is 31.1 Å². The van der Waals surface area contributed by atoms with E-state index in [9.17, 15) is 0 Å². The number of nitrogens with two attached hydrogens (primary N) is 1.